The molecule has 0 nitrogen and oxygen atoms in total. The maximum atomic E-state index is 2.45. The lowest BCUT2D eigenvalue weighted by atomic mass is 9.81. The molecule has 1 aliphatic rings. The zero-order chi connectivity index (χ0) is 28.1. The van der Waals surface area contributed by atoms with Crippen LogP contribution in [0, 0.1) is 0 Å². The van der Waals surface area contributed by atoms with Gasteiger partial charge >= 0.3 is 0 Å². The Balaban J connectivity index is 1.29. The van der Waals surface area contributed by atoms with Crippen molar-refractivity contribution in [2.24, 2.45) is 0 Å². The van der Waals surface area contributed by atoms with Gasteiger partial charge in [0.25, 0.3) is 0 Å². The average Bonchev–Trinajstić information content (AvgIpc) is 3.21. The van der Waals surface area contributed by atoms with Crippen molar-refractivity contribution in [3.05, 3.63) is 132 Å². The van der Waals surface area contributed by atoms with E-state index in [2.05, 4.69) is 150 Å². The number of hydrogen-bond donors (Lipinski definition) is 0. The molecule has 1 aliphatic carbocycles. The van der Waals surface area contributed by atoms with E-state index in [-0.39, 0.29) is 10.8 Å². The summed E-state index contributed by atoms with van der Waals surface area (Å²) in [4.78, 5) is 0. The Labute approximate surface area is 242 Å². The van der Waals surface area contributed by atoms with E-state index >= 15 is 0 Å². The molecule has 7 aromatic carbocycles. The molecule has 0 fully saturated rings. The lowest BCUT2D eigenvalue weighted by molar-refractivity contribution is 0.590. The molecule has 0 spiro atoms. The Morgan fingerprint density at radius 1 is 0.463 bits per heavy atom. The molecular formula is C41H34. The van der Waals surface area contributed by atoms with E-state index in [4.69, 9.17) is 0 Å². The molecule has 0 heteroatoms. The van der Waals surface area contributed by atoms with E-state index in [1.165, 1.54) is 82.4 Å². The van der Waals surface area contributed by atoms with E-state index in [9.17, 15) is 0 Å². The normalized spacial score (nSPS) is 14.2. The maximum Gasteiger partial charge on any atom is 0.0159 e. The van der Waals surface area contributed by atoms with Gasteiger partial charge in [-0.3, -0.25) is 0 Å². The lowest BCUT2D eigenvalue weighted by Gasteiger charge is -2.22. The summed E-state index contributed by atoms with van der Waals surface area (Å²) in [5, 5.41) is 7.98. The number of benzene rings is 7. The number of hydrogen-bond acceptors (Lipinski definition) is 0. The number of rotatable bonds is 2. The minimum atomic E-state index is -0.00674. The van der Waals surface area contributed by atoms with Crippen molar-refractivity contribution < 1.29 is 0 Å². The highest BCUT2D eigenvalue weighted by Crippen LogP contribution is 2.50. The van der Waals surface area contributed by atoms with Gasteiger partial charge < -0.3 is 0 Å². The van der Waals surface area contributed by atoms with Crippen LogP contribution in [-0.4, -0.2) is 0 Å². The van der Waals surface area contributed by atoms with Crippen LogP contribution in [0.25, 0.3) is 65.7 Å². The molecule has 8 rings (SSSR count). The Bertz CT molecular complexity index is 2110. The summed E-state index contributed by atoms with van der Waals surface area (Å²) in [7, 11) is 0. The minimum absolute atomic E-state index is 0.00674. The highest BCUT2D eigenvalue weighted by molar-refractivity contribution is 6.26. The molecule has 0 unspecified atom stereocenters. The summed E-state index contributed by atoms with van der Waals surface area (Å²) < 4.78 is 0. The van der Waals surface area contributed by atoms with Gasteiger partial charge in [-0.25, -0.2) is 0 Å². The van der Waals surface area contributed by atoms with E-state index < -0.39 is 0 Å². The van der Waals surface area contributed by atoms with Crippen LogP contribution >= 0.6 is 0 Å². The van der Waals surface area contributed by atoms with Crippen LogP contribution in [0.5, 0.6) is 0 Å². The zero-order valence-electron chi connectivity index (χ0n) is 24.5. The van der Waals surface area contributed by atoms with Gasteiger partial charge in [-0.15, -0.1) is 0 Å². The van der Waals surface area contributed by atoms with Crippen molar-refractivity contribution in [3.63, 3.8) is 0 Å². The van der Waals surface area contributed by atoms with E-state index in [1.54, 1.807) is 0 Å². The molecule has 0 bridgehead atoms. The van der Waals surface area contributed by atoms with Gasteiger partial charge in [-0.1, -0.05) is 132 Å². The summed E-state index contributed by atoms with van der Waals surface area (Å²) in [5.41, 5.74) is 12.2. The first-order valence-corrected chi connectivity index (χ1v) is 14.8. The summed E-state index contributed by atoms with van der Waals surface area (Å²) in [6.07, 6.45) is 0. The second kappa shape index (κ2) is 8.30. The fraction of sp³-hybridized carbons (Fsp3) is 0.171. The predicted octanol–water partition coefficient (Wildman–Crippen LogP) is 11.5. The van der Waals surface area contributed by atoms with Crippen LogP contribution in [-0.2, 0) is 10.8 Å². The van der Waals surface area contributed by atoms with Crippen LogP contribution in [0.1, 0.15) is 51.3 Å². The molecule has 7 aromatic rings. The molecule has 0 saturated carbocycles. The van der Waals surface area contributed by atoms with Crippen LogP contribution in [0.15, 0.2) is 115 Å². The fourth-order valence-corrected chi connectivity index (χ4v) is 7.27. The largest absolute Gasteiger partial charge is 0.0619 e. The molecular weight excluding hydrogens is 492 g/mol. The van der Waals surface area contributed by atoms with Gasteiger partial charge in [0.1, 0.15) is 0 Å². The Morgan fingerprint density at radius 3 is 1.83 bits per heavy atom. The standard InChI is InChI=1S/C41H34/c1-40(2,3)31-17-12-25(13-18-31)30-22-28-11-10-26-14-19-32(35-21-16-29(23-30)38(28)39(26)35)27-15-20-34-33-8-6-7-9-36(33)41(4,5)37(34)24-27/h6-24H,1-5H3. The van der Waals surface area contributed by atoms with Gasteiger partial charge in [-0.05, 0) is 106 Å². The third-order valence-electron chi connectivity index (χ3n) is 9.58. The van der Waals surface area contributed by atoms with Crippen molar-refractivity contribution in [2.45, 2.75) is 45.4 Å². The Hall–Kier alpha value is -4.42. The molecule has 41 heavy (non-hydrogen) atoms. The molecule has 0 heterocycles. The van der Waals surface area contributed by atoms with Gasteiger partial charge in [-0.2, -0.15) is 0 Å². The van der Waals surface area contributed by atoms with Gasteiger partial charge in [0.05, 0.1) is 0 Å². The molecule has 0 saturated heterocycles. The SMILES string of the molecule is CC(C)(C)c1ccc(-c2cc3ccc4ccc(-c5ccc6c(c5)C(C)(C)c5ccccc5-6)c5ccc(c2)c3c45)cc1. The van der Waals surface area contributed by atoms with Crippen molar-refractivity contribution in [1.29, 1.82) is 0 Å². The van der Waals surface area contributed by atoms with Gasteiger partial charge in [0.2, 0.25) is 0 Å². The van der Waals surface area contributed by atoms with E-state index in [0.29, 0.717) is 0 Å². The van der Waals surface area contributed by atoms with E-state index in [1.807, 2.05) is 0 Å². The number of fused-ring (bicyclic) bond motifs is 3. The summed E-state index contributed by atoms with van der Waals surface area (Å²) in [6.45, 7) is 11.5. The molecule has 0 amide bonds. The average molecular weight is 527 g/mol. The lowest BCUT2D eigenvalue weighted by Crippen LogP contribution is -2.14. The second-order valence-corrected chi connectivity index (χ2v) is 13.4. The van der Waals surface area contributed by atoms with Crippen molar-refractivity contribution >= 4 is 32.3 Å². The smallest absolute Gasteiger partial charge is 0.0159 e. The Kier molecular flexibility index (Phi) is 4.94. The quantitative estimate of drug-likeness (QED) is 0.197. The Morgan fingerprint density at radius 2 is 1.07 bits per heavy atom. The topological polar surface area (TPSA) is 0 Å². The van der Waals surface area contributed by atoms with Gasteiger partial charge in [0.15, 0.2) is 0 Å². The van der Waals surface area contributed by atoms with Crippen molar-refractivity contribution in [1.82, 2.24) is 0 Å². The third kappa shape index (κ3) is 3.53. The summed E-state index contributed by atoms with van der Waals surface area (Å²) in [6, 6.07) is 43.7. The fourth-order valence-electron chi connectivity index (χ4n) is 7.27. The summed E-state index contributed by atoms with van der Waals surface area (Å²) in [5.74, 6) is 0. The highest BCUT2D eigenvalue weighted by atomic mass is 14.4. The first-order chi connectivity index (χ1) is 19.7. The molecule has 198 valence electrons. The van der Waals surface area contributed by atoms with Crippen LogP contribution in [0.4, 0.5) is 0 Å². The van der Waals surface area contributed by atoms with Crippen molar-refractivity contribution in [2.75, 3.05) is 0 Å². The first-order valence-electron chi connectivity index (χ1n) is 14.8. The monoisotopic (exact) mass is 526 g/mol. The van der Waals surface area contributed by atoms with Crippen LogP contribution in [0.2, 0.25) is 0 Å². The second-order valence-electron chi connectivity index (χ2n) is 13.4. The van der Waals surface area contributed by atoms with Gasteiger partial charge in [0, 0.05) is 5.41 Å². The van der Waals surface area contributed by atoms with Crippen LogP contribution < -0.4 is 0 Å². The van der Waals surface area contributed by atoms with Crippen molar-refractivity contribution in [3.8, 4) is 33.4 Å². The first kappa shape index (κ1) is 24.4. The molecule has 0 aliphatic heterocycles. The molecule has 0 radical (unpaired) electrons. The molecule has 0 N–H and O–H groups in total. The predicted molar refractivity (Wildman–Crippen MR) is 177 cm³/mol. The summed E-state index contributed by atoms with van der Waals surface area (Å²) >= 11 is 0. The molecule has 0 aromatic heterocycles. The van der Waals surface area contributed by atoms with Crippen LogP contribution in [0.3, 0.4) is 0 Å². The van der Waals surface area contributed by atoms with E-state index in [0.717, 1.165) is 0 Å². The zero-order valence-corrected chi connectivity index (χ0v) is 24.5. The third-order valence-corrected chi connectivity index (χ3v) is 9.58. The highest BCUT2D eigenvalue weighted by Gasteiger charge is 2.35. The maximum absolute atomic E-state index is 2.45. The minimum Gasteiger partial charge on any atom is -0.0619 e. The molecule has 0 atom stereocenters.